The number of hydrogen-bond donors (Lipinski definition) is 0. The summed E-state index contributed by atoms with van der Waals surface area (Å²) in [6.07, 6.45) is 3.29. The molecule has 0 spiro atoms. The van der Waals surface area contributed by atoms with E-state index in [1.165, 1.54) is 24.3 Å². The van der Waals surface area contributed by atoms with Crippen LogP contribution in [0.15, 0.2) is 42.1 Å². The summed E-state index contributed by atoms with van der Waals surface area (Å²) in [5.74, 6) is 0. The van der Waals surface area contributed by atoms with Crippen LogP contribution in [0.5, 0.6) is 0 Å². The third-order valence-electron chi connectivity index (χ3n) is 2.82. The molecule has 0 radical (unpaired) electrons. The van der Waals surface area contributed by atoms with Crippen molar-refractivity contribution in [2.45, 2.75) is 9.65 Å². The Morgan fingerprint density at radius 3 is 2.35 bits per heavy atom. The highest BCUT2D eigenvalue weighted by molar-refractivity contribution is 9.25. The van der Waals surface area contributed by atoms with Gasteiger partial charge in [0.25, 0.3) is 11.4 Å². The molecule has 0 saturated heterocycles. The molecule has 2 rings (SSSR count). The highest BCUT2D eigenvalue weighted by atomic mass is 79.9. The van der Waals surface area contributed by atoms with E-state index in [4.69, 9.17) is 0 Å². The smallest absolute Gasteiger partial charge is 0.259 e. The molecular formula is C12H8Br2N2O4. The first-order valence-electron chi connectivity index (χ1n) is 5.50. The van der Waals surface area contributed by atoms with E-state index in [0.717, 1.165) is 0 Å². The molecule has 0 heterocycles. The number of allylic oxidation sites excluding steroid dienone is 4. The summed E-state index contributed by atoms with van der Waals surface area (Å²) in [7, 11) is 0. The van der Waals surface area contributed by atoms with Crippen LogP contribution in [0.2, 0.25) is 0 Å². The summed E-state index contributed by atoms with van der Waals surface area (Å²) >= 11 is 6.61. The molecule has 6 nitrogen and oxygen atoms in total. The first kappa shape index (κ1) is 14.9. The van der Waals surface area contributed by atoms with Gasteiger partial charge >= 0.3 is 0 Å². The molecule has 0 amide bonds. The Bertz CT molecular complexity index is 653. The van der Waals surface area contributed by atoms with Gasteiger partial charge in [-0.15, -0.1) is 0 Å². The topological polar surface area (TPSA) is 86.3 Å². The Hall–Kier alpha value is -1.54. The highest BCUT2D eigenvalue weighted by Crippen LogP contribution is 2.43. The van der Waals surface area contributed by atoms with Crippen LogP contribution in [0.25, 0.3) is 5.57 Å². The summed E-state index contributed by atoms with van der Waals surface area (Å²) in [4.78, 5) is 21.2. The van der Waals surface area contributed by atoms with Gasteiger partial charge in [0.05, 0.1) is 27.4 Å². The first-order valence-corrected chi connectivity index (χ1v) is 7.09. The van der Waals surface area contributed by atoms with Gasteiger partial charge < -0.3 is 0 Å². The molecule has 104 valence electrons. The minimum atomic E-state index is -0.699. The summed E-state index contributed by atoms with van der Waals surface area (Å²) in [6.45, 7) is 0. The molecule has 0 atom stereocenters. The van der Waals surface area contributed by atoms with Gasteiger partial charge in [0.2, 0.25) is 0 Å². The summed E-state index contributed by atoms with van der Waals surface area (Å²) in [5.41, 5.74) is 0.284. The van der Waals surface area contributed by atoms with E-state index >= 15 is 0 Å². The van der Waals surface area contributed by atoms with E-state index in [2.05, 4.69) is 31.9 Å². The lowest BCUT2D eigenvalue weighted by Crippen LogP contribution is -2.18. The number of hydrogen-bond acceptors (Lipinski definition) is 4. The predicted molar refractivity (Wildman–Crippen MR) is 81.4 cm³/mol. The predicted octanol–water partition coefficient (Wildman–Crippen LogP) is 4.03. The number of alkyl halides is 2. The fourth-order valence-corrected chi connectivity index (χ4v) is 2.74. The fraction of sp³-hybridized carbons (Fsp3) is 0.167. The summed E-state index contributed by atoms with van der Waals surface area (Å²) < 4.78 is -0.699. The van der Waals surface area contributed by atoms with Crippen molar-refractivity contribution >= 4 is 43.1 Å². The number of rotatable bonds is 3. The maximum Gasteiger partial charge on any atom is 0.277 e. The van der Waals surface area contributed by atoms with Gasteiger partial charge in [-0.3, -0.25) is 20.2 Å². The number of benzene rings is 1. The SMILES string of the molecule is O=[N+]([O-])C1=C(c2ccccc2[N+](=O)[O-])C=CC(Br)(Br)C1. The molecule has 0 N–H and O–H groups in total. The lowest BCUT2D eigenvalue weighted by atomic mass is 9.95. The van der Waals surface area contributed by atoms with Crippen LogP contribution >= 0.6 is 31.9 Å². The zero-order valence-corrected chi connectivity index (χ0v) is 13.1. The first-order chi connectivity index (χ1) is 9.32. The van der Waals surface area contributed by atoms with Gasteiger partial charge in [0.1, 0.15) is 3.23 Å². The van der Waals surface area contributed by atoms with Crippen LogP contribution < -0.4 is 0 Å². The molecule has 8 heteroatoms. The third kappa shape index (κ3) is 2.96. The van der Waals surface area contributed by atoms with E-state index < -0.39 is 13.1 Å². The van der Waals surface area contributed by atoms with E-state index in [1.54, 1.807) is 12.1 Å². The Balaban J connectivity index is 2.64. The molecule has 0 unspecified atom stereocenters. The molecule has 0 aliphatic heterocycles. The average molecular weight is 404 g/mol. The molecule has 1 aliphatic rings. The van der Waals surface area contributed by atoms with Crippen LogP contribution in [-0.4, -0.2) is 13.1 Å². The standard InChI is InChI=1S/C12H8Br2N2O4/c13-12(14)6-5-9(11(7-12)16(19)20)8-3-1-2-4-10(8)15(17)18/h1-6H,7H2. The Morgan fingerprint density at radius 2 is 1.75 bits per heavy atom. The van der Waals surface area contributed by atoms with E-state index in [9.17, 15) is 20.2 Å². The van der Waals surface area contributed by atoms with Gasteiger partial charge in [0, 0.05) is 6.07 Å². The fourth-order valence-electron chi connectivity index (χ4n) is 1.95. The maximum atomic E-state index is 11.2. The largest absolute Gasteiger partial charge is 0.277 e. The van der Waals surface area contributed by atoms with Crippen LogP contribution in [0.4, 0.5) is 5.69 Å². The molecule has 0 aromatic heterocycles. The summed E-state index contributed by atoms with van der Waals surface area (Å²) in [5, 5.41) is 22.2. The van der Waals surface area contributed by atoms with Gasteiger partial charge in [0.15, 0.2) is 0 Å². The van der Waals surface area contributed by atoms with Crippen molar-refractivity contribution in [2.75, 3.05) is 0 Å². The zero-order chi connectivity index (χ0) is 14.9. The highest BCUT2D eigenvalue weighted by Gasteiger charge is 2.35. The van der Waals surface area contributed by atoms with E-state index in [1.807, 2.05) is 0 Å². The Morgan fingerprint density at radius 1 is 1.10 bits per heavy atom. The third-order valence-corrected chi connectivity index (χ3v) is 3.91. The molecular weight excluding hydrogens is 396 g/mol. The van der Waals surface area contributed by atoms with Crippen molar-refractivity contribution in [3.05, 3.63) is 67.9 Å². The van der Waals surface area contributed by atoms with Crippen molar-refractivity contribution in [1.29, 1.82) is 0 Å². The van der Waals surface area contributed by atoms with Gasteiger partial charge in [-0.25, -0.2) is 0 Å². The van der Waals surface area contributed by atoms with Crippen molar-refractivity contribution in [2.24, 2.45) is 0 Å². The second-order valence-electron chi connectivity index (χ2n) is 4.16. The quantitative estimate of drug-likeness (QED) is 0.433. The molecule has 0 bridgehead atoms. The second-order valence-corrected chi connectivity index (χ2v) is 8.06. The van der Waals surface area contributed by atoms with E-state index in [-0.39, 0.29) is 28.9 Å². The van der Waals surface area contributed by atoms with Crippen molar-refractivity contribution < 1.29 is 9.85 Å². The van der Waals surface area contributed by atoms with Crippen molar-refractivity contribution in [3.63, 3.8) is 0 Å². The minimum Gasteiger partial charge on any atom is -0.259 e. The number of nitrogens with zero attached hydrogens (tertiary/aromatic N) is 2. The molecule has 0 fully saturated rings. The molecule has 1 aromatic carbocycles. The molecule has 0 saturated carbocycles. The molecule has 1 aromatic rings. The maximum absolute atomic E-state index is 11.2. The number of halogens is 2. The van der Waals surface area contributed by atoms with Crippen LogP contribution in [-0.2, 0) is 0 Å². The van der Waals surface area contributed by atoms with Crippen molar-refractivity contribution in [1.82, 2.24) is 0 Å². The number of nitro benzene ring substituents is 1. The average Bonchev–Trinajstić information content (AvgIpc) is 2.37. The molecule has 20 heavy (non-hydrogen) atoms. The number of para-hydroxylation sites is 1. The van der Waals surface area contributed by atoms with Crippen LogP contribution in [0, 0.1) is 20.2 Å². The lowest BCUT2D eigenvalue weighted by molar-refractivity contribution is -0.426. The normalized spacial score (nSPS) is 17.1. The van der Waals surface area contributed by atoms with Crippen molar-refractivity contribution in [3.8, 4) is 0 Å². The Kier molecular flexibility index (Phi) is 4.05. The van der Waals surface area contributed by atoms with Gasteiger partial charge in [-0.1, -0.05) is 50.1 Å². The minimum absolute atomic E-state index is 0.0736. The van der Waals surface area contributed by atoms with Gasteiger partial charge in [-0.2, -0.15) is 0 Å². The monoisotopic (exact) mass is 402 g/mol. The zero-order valence-electron chi connectivity index (χ0n) is 9.95. The van der Waals surface area contributed by atoms with Crippen LogP contribution in [0.3, 0.4) is 0 Å². The number of nitro groups is 2. The summed E-state index contributed by atoms with van der Waals surface area (Å²) in [6, 6.07) is 5.99. The Labute approximate surface area is 130 Å². The lowest BCUT2D eigenvalue weighted by Gasteiger charge is -2.20. The van der Waals surface area contributed by atoms with E-state index in [0.29, 0.717) is 0 Å². The second kappa shape index (κ2) is 5.45. The van der Waals surface area contributed by atoms with Crippen LogP contribution in [0.1, 0.15) is 12.0 Å². The molecule has 1 aliphatic carbocycles. The van der Waals surface area contributed by atoms with Gasteiger partial charge in [-0.05, 0) is 12.1 Å².